The number of fused-ring (bicyclic) bond motifs is 2. The number of halogens is 1. The minimum Gasteiger partial charge on any atom is -0.454 e. The Hall–Kier alpha value is -2.60. The smallest absolute Gasteiger partial charge is 0.231 e. The van der Waals surface area contributed by atoms with E-state index < -0.39 is 0 Å². The molecule has 1 unspecified atom stereocenters. The van der Waals surface area contributed by atoms with Crippen LogP contribution in [0.5, 0.6) is 11.5 Å². The van der Waals surface area contributed by atoms with Gasteiger partial charge in [0, 0.05) is 30.3 Å². The van der Waals surface area contributed by atoms with E-state index in [-0.39, 0.29) is 18.7 Å². The lowest BCUT2D eigenvalue weighted by Crippen LogP contribution is -2.16. The lowest BCUT2D eigenvalue weighted by atomic mass is 10.2. The molecule has 23 heavy (non-hydrogen) atoms. The summed E-state index contributed by atoms with van der Waals surface area (Å²) in [5.41, 5.74) is 8.24. The van der Waals surface area contributed by atoms with Crippen molar-refractivity contribution in [1.82, 2.24) is 9.55 Å². The van der Waals surface area contributed by atoms with E-state index in [0.29, 0.717) is 29.4 Å². The van der Waals surface area contributed by atoms with Gasteiger partial charge in [-0.2, -0.15) is 0 Å². The van der Waals surface area contributed by atoms with Crippen molar-refractivity contribution in [2.24, 2.45) is 5.73 Å². The highest BCUT2D eigenvalue weighted by molar-refractivity contribution is 5.84. The third-order valence-corrected chi connectivity index (χ3v) is 4.05. The Morgan fingerprint density at radius 3 is 2.78 bits per heavy atom. The summed E-state index contributed by atoms with van der Waals surface area (Å²) in [6.45, 7) is 2.67. The van der Waals surface area contributed by atoms with Crippen molar-refractivity contribution in [3.8, 4) is 22.9 Å². The Morgan fingerprint density at radius 1 is 1.26 bits per heavy atom. The molecule has 1 atom stereocenters. The van der Waals surface area contributed by atoms with E-state index in [9.17, 15) is 4.39 Å². The SMILES string of the molecule is CC(CN)n1c(-c2cccc(F)c2)nc2cc3c(cc21)OCO3. The molecule has 2 heterocycles. The van der Waals surface area contributed by atoms with E-state index in [1.165, 1.54) is 12.1 Å². The van der Waals surface area contributed by atoms with Crippen LogP contribution in [0.2, 0.25) is 0 Å². The molecule has 1 aliphatic rings. The third-order valence-electron chi connectivity index (χ3n) is 4.05. The topological polar surface area (TPSA) is 62.3 Å². The first kappa shape index (κ1) is 14.0. The van der Waals surface area contributed by atoms with E-state index in [1.54, 1.807) is 6.07 Å². The van der Waals surface area contributed by atoms with E-state index in [0.717, 1.165) is 11.0 Å². The molecule has 0 bridgehead atoms. The van der Waals surface area contributed by atoms with Gasteiger partial charge in [0.25, 0.3) is 0 Å². The maximum absolute atomic E-state index is 13.6. The summed E-state index contributed by atoms with van der Waals surface area (Å²) in [6, 6.07) is 10.2. The molecule has 0 aliphatic carbocycles. The molecule has 118 valence electrons. The fourth-order valence-corrected chi connectivity index (χ4v) is 2.87. The summed E-state index contributed by atoms with van der Waals surface area (Å²) >= 11 is 0. The predicted molar refractivity (Wildman–Crippen MR) is 85.0 cm³/mol. The molecule has 0 radical (unpaired) electrons. The zero-order valence-corrected chi connectivity index (χ0v) is 12.6. The molecular formula is C17H16FN3O2. The van der Waals surface area contributed by atoms with Gasteiger partial charge in [0.15, 0.2) is 11.5 Å². The normalized spacial score (nSPS) is 14.4. The highest BCUT2D eigenvalue weighted by Crippen LogP contribution is 2.38. The molecule has 4 rings (SSSR count). The van der Waals surface area contributed by atoms with Gasteiger partial charge in [-0.3, -0.25) is 0 Å². The van der Waals surface area contributed by atoms with Crippen molar-refractivity contribution in [2.75, 3.05) is 13.3 Å². The summed E-state index contributed by atoms with van der Waals surface area (Å²) in [6.07, 6.45) is 0. The first-order chi connectivity index (χ1) is 11.2. The van der Waals surface area contributed by atoms with E-state index >= 15 is 0 Å². The van der Waals surface area contributed by atoms with E-state index in [2.05, 4.69) is 4.98 Å². The van der Waals surface area contributed by atoms with Crippen molar-refractivity contribution in [3.63, 3.8) is 0 Å². The Morgan fingerprint density at radius 2 is 2.04 bits per heavy atom. The number of imidazole rings is 1. The van der Waals surface area contributed by atoms with Crippen LogP contribution in [-0.2, 0) is 0 Å². The minimum atomic E-state index is -0.296. The van der Waals surface area contributed by atoms with Crippen LogP contribution < -0.4 is 15.2 Å². The van der Waals surface area contributed by atoms with Gasteiger partial charge in [-0.25, -0.2) is 9.37 Å². The highest BCUT2D eigenvalue weighted by Gasteiger charge is 2.22. The van der Waals surface area contributed by atoms with Crippen LogP contribution >= 0.6 is 0 Å². The molecule has 2 aromatic carbocycles. The van der Waals surface area contributed by atoms with Crippen molar-refractivity contribution < 1.29 is 13.9 Å². The van der Waals surface area contributed by atoms with Gasteiger partial charge in [0.05, 0.1) is 11.0 Å². The predicted octanol–water partition coefficient (Wildman–Crippen LogP) is 3.09. The van der Waals surface area contributed by atoms with Gasteiger partial charge in [-0.15, -0.1) is 0 Å². The van der Waals surface area contributed by atoms with E-state index in [1.807, 2.05) is 29.7 Å². The second-order valence-corrected chi connectivity index (χ2v) is 5.59. The summed E-state index contributed by atoms with van der Waals surface area (Å²) in [5.74, 6) is 1.75. The first-order valence-corrected chi connectivity index (χ1v) is 7.45. The number of nitrogens with zero attached hydrogens (tertiary/aromatic N) is 2. The van der Waals surface area contributed by atoms with Crippen molar-refractivity contribution in [1.29, 1.82) is 0 Å². The second-order valence-electron chi connectivity index (χ2n) is 5.59. The molecule has 1 aromatic heterocycles. The molecule has 6 heteroatoms. The summed E-state index contributed by atoms with van der Waals surface area (Å²) in [5, 5.41) is 0. The van der Waals surface area contributed by atoms with Crippen LogP contribution in [0.1, 0.15) is 13.0 Å². The second kappa shape index (κ2) is 5.24. The van der Waals surface area contributed by atoms with Crippen molar-refractivity contribution >= 4 is 11.0 Å². The lowest BCUT2D eigenvalue weighted by molar-refractivity contribution is 0.174. The summed E-state index contributed by atoms with van der Waals surface area (Å²) in [4.78, 5) is 4.68. The Labute approximate surface area is 132 Å². The number of hydrogen-bond donors (Lipinski definition) is 1. The molecular weight excluding hydrogens is 297 g/mol. The molecule has 2 N–H and O–H groups in total. The Kier molecular flexibility index (Phi) is 3.20. The largest absolute Gasteiger partial charge is 0.454 e. The van der Waals surface area contributed by atoms with Gasteiger partial charge in [0.1, 0.15) is 11.6 Å². The van der Waals surface area contributed by atoms with Crippen LogP contribution in [0.3, 0.4) is 0 Å². The van der Waals surface area contributed by atoms with Gasteiger partial charge < -0.3 is 19.8 Å². The molecule has 5 nitrogen and oxygen atoms in total. The number of nitrogens with two attached hydrogens (primary N) is 1. The van der Waals surface area contributed by atoms with Crippen molar-refractivity contribution in [3.05, 3.63) is 42.2 Å². The third kappa shape index (κ3) is 2.22. The maximum atomic E-state index is 13.6. The molecule has 0 fully saturated rings. The van der Waals surface area contributed by atoms with Gasteiger partial charge in [-0.1, -0.05) is 12.1 Å². The van der Waals surface area contributed by atoms with Crippen LogP contribution in [0.4, 0.5) is 4.39 Å². The lowest BCUT2D eigenvalue weighted by Gasteiger charge is -2.16. The van der Waals surface area contributed by atoms with Crippen LogP contribution in [0.25, 0.3) is 22.4 Å². The van der Waals surface area contributed by atoms with Gasteiger partial charge in [-0.05, 0) is 19.1 Å². The van der Waals surface area contributed by atoms with Gasteiger partial charge in [0.2, 0.25) is 6.79 Å². The van der Waals surface area contributed by atoms with Crippen LogP contribution in [0.15, 0.2) is 36.4 Å². The van der Waals surface area contributed by atoms with Gasteiger partial charge >= 0.3 is 0 Å². The average molecular weight is 313 g/mol. The zero-order valence-electron chi connectivity index (χ0n) is 12.6. The fourth-order valence-electron chi connectivity index (χ4n) is 2.87. The number of ether oxygens (including phenoxy) is 2. The first-order valence-electron chi connectivity index (χ1n) is 7.45. The number of aromatic nitrogens is 2. The minimum absolute atomic E-state index is 0.0126. The van der Waals surface area contributed by atoms with Crippen LogP contribution in [-0.4, -0.2) is 22.9 Å². The number of benzene rings is 2. The monoisotopic (exact) mass is 313 g/mol. The summed E-state index contributed by atoms with van der Waals surface area (Å²) in [7, 11) is 0. The number of hydrogen-bond acceptors (Lipinski definition) is 4. The molecule has 0 amide bonds. The standard InChI is InChI=1S/C17H16FN3O2/c1-10(8-19)21-14-7-16-15(22-9-23-16)6-13(14)20-17(21)11-3-2-4-12(18)5-11/h2-7,10H,8-9,19H2,1H3. The van der Waals surface area contributed by atoms with E-state index in [4.69, 9.17) is 15.2 Å². The number of rotatable bonds is 3. The summed E-state index contributed by atoms with van der Waals surface area (Å²) < 4.78 is 26.5. The van der Waals surface area contributed by atoms with Crippen LogP contribution in [0, 0.1) is 5.82 Å². The quantitative estimate of drug-likeness (QED) is 0.807. The molecule has 0 saturated carbocycles. The average Bonchev–Trinajstić information content (AvgIpc) is 3.15. The molecule has 0 spiro atoms. The fraction of sp³-hybridized carbons (Fsp3) is 0.235. The highest BCUT2D eigenvalue weighted by atomic mass is 19.1. The Balaban J connectivity index is 1.99. The molecule has 1 aliphatic heterocycles. The molecule has 3 aromatic rings. The van der Waals surface area contributed by atoms with Crippen molar-refractivity contribution in [2.45, 2.75) is 13.0 Å². The maximum Gasteiger partial charge on any atom is 0.231 e. The Bertz CT molecular complexity index is 891. The zero-order chi connectivity index (χ0) is 16.0. The molecule has 0 saturated heterocycles.